The standard InChI is InChI=1S/C22H23FN6OS/c1-12-7-28(8-13(2)24-12)19-5-4-16(20-17(19)11-31-27-20)22(30)26-15-6-18(23)21-25-14(3)9-29(21)10-15/h4-6,9-13,24H,7-8H2,1-3H3,(H,26,30)/t12-,13-/m1/s1. The highest BCUT2D eigenvalue weighted by molar-refractivity contribution is 7.05. The summed E-state index contributed by atoms with van der Waals surface area (Å²) in [5.74, 6) is -0.804. The maximum Gasteiger partial charge on any atom is 0.257 e. The number of nitrogens with one attached hydrogen (secondary N) is 2. The number of halogens is 1. The van der Waals surface area contributed by atoms with Crippen LogP contribution in [0.1, 0.15) is 29.9 Å². The average molecular weight is 439 g/mol. The van der Waals surface area contributed by atoms with Gasteiger partial charge in [-0.3, -0.25) is 4.79 Å². The molecule has 0 unspecified atom stereocenters. The summed E-state index contributed by atoms with van der Waals surface area (Å²) < 4.78 is 20.5. The van der Waals surface area contributed by atoms with Crippen LogP contribution in [0, 0.1) is 12.7 Å². The van der Waals surface area contributed by atoms with Gasteiger partial charge in [0, 0.05) is 60.1 Å². The molecular formula is C22H23FN6OS. The lowest BCUT2D eigenvalue weighted by Gasteiger charge is -2.38. The summed E-state index contributed by atoms with van der Waals surface area (Å²) in [5.41, 5.74) is 3.53. The minimum atomic E-state index is -0.484. The van der Waals surface area contributed by atoms with Gasteiger partial charge in [-0.1, -0.05) is 0 Å². The van der Waals surface area contributed by atoms with Gasteiger partial charge in [0.05, 0.1) is 22.5 Å². The Morgan fingerprint density at radius 1 is 1.26 bits per heavy atom. The number of benzene rings is 1. The molecule has 0 radical (unpaired) electrons. The van der Waals surface area contributed by atoms with Crippen molar-refractivity contribution in [2.75, 3.05) is 23.3 Å². The summed E-state index contributed by atoms with van der Waals surface area (Å²) >= 11 is 1.33. The topological polar surface area (TPSA) is 74.6 Å². The first kappa shape index (κ1) is 19.9. The number of hydrogen-bond acceptors (Lipinski definition) is 6. The number of aryl methyl sites for hydroxylation is 1. The van der Waals surface area contributed by atoms with Crippen molar-refractivity contribution in [2.45, 2.75) is 32.9 Å². The molecular weight excluding hydrogens is 415 g/mol. The van der Waals surface area contributed by atoms with Gasteiger partial charge in [-0.2, -0.15) is 4.37 Å². The first-order chi connectivity index (χ1) is 14.9. The molecule has 1 saturated heterocycles. The Morgan fingerprint density at radius 2 is 2.03 bits per heavy atom. The lowest BCUT2D eigenvalue weighted by atomic mass is 10.1. The van der Waals surface area contributed by atoms with Gasteiger partial charge in [-0.05, 0) is 44.4 Å². The number of rotatable bonds is 3. The molecule has 4 aromatic rings. The molecule has 1 amide bonds. The lowest BCUT2D eigenvalue weighted by Crippen LogP contribution is -2.54. The molecule has 4 heterocycles. The number of nitrogens with zero attached hydrogens (tertiary/aromatic N) is 4. The van der Waals surface area contributed by atoms with E-state index in [1.54, 1.807) is 29.8 Å². The van der Waals surface area contributed by atoms with Gasteiger partial charge < -0.3 is 19.9 Å². The van der Waals surface area contributed by atoms with Crippen LogP contribution in [0.25, 0.3) is 16.6 Å². The maximum atomic E-state index is 14.4. The Balaban J connectivity index is 1.47. The smallest absolute Gasteiger partial charge is 0.257 e. The number of carbonyl (C=O) groups excluding carboxylic acids is 1. The third kappa shape index (κ3) is 3.64. The molecule has 1 aliphatic rings. The molecule has 0 spiro atoms. The summed E-state index contributed by atoms with van der Waals surface area (Å²) in [4.78, 5) is 19.5. The van der Waals surface area contributed by atoms with Gasteiger partial charge in [0.15, 0.2) is 11.5 Å². The van der Waals surface area contributed by atoms with E-state index in [4.69, 9.17) is 0 Å². The van der Waals surface area contributed by atoms with Gasteiger partial charge >= 0.3 is 0 Å². The van der Waals surface area contributed by atoms with Crippen LogP contribution in [0.4, 0.5) is 15.8 Å². The quantitative estimate of drug-likeness (QED) is 0.509. The fourth-order valence-corrected chi connectivity index (χ4v) is 5.06. The molecule has 5 rings (SSSR count). The van der Waals surface area contributed by atoms with Crippen LogP contribution in [-0.2, 0) is 0 Å². The zero-order valence-corrected chi connectivity index (χ0v) is 18.3. The predicted molar refractivity (Wildman–Crippen MR) is 122 cm³/mol. The fourth-order valence-electron chi connectivity index (χ4n) is 4.37. The van der Waals surface area contributed by atoms with Crippen molar-refractivity contribution < 1.29 is 9.18 Å². The van der Waals surface area contributed by atoms with E-state index < -0.39 is 5.82 Å². The van der Waals surface area contributed by atoms with E-state index in [9.17, 15) is 9.18 Å². The molecule has 0 aliphatic carbocycles. The maximum absolute atomic E-state index is 14.4. The Bertz CT molecular complexity index is 1290. The number of pyridine rings is 1. The third-order valence-electron chi connectivity index (χ3n) is 5.54. The van der Waals surface area contributed by atoms with Gasteiger partial charge in [-0.15, -0.1) is 0 Å². The predicted octanol–water partition coefficient (Wildman–Crippen LogP) is 3.83. The van der Waals surface area contributed by atoms with Crippen molar-refractivity contribution in [3.8, 4) is 0 Å². The van der Waals surface area contributed by atoms with E-state index in [-0.39, 0.29) is 11.6 Å². The van der Waals surface area contributed by atoms with Gasteiger partial charge in [0.2, 0.25) is 0 Å². The van der Waals surface area contributed by atoms with E-state index in [1.807, 2.05) is 11.4 Å². The average Bonchev–Trinajstić information content (AvgIpc) is 3.33. The molecule has 0 bridgehead atoms. The minimum Gasteiger partial charge on any atom is -0.368 e. The highest BCUT2D eigenvalue weighted by Gasteiger charge is 2.24. The molecule has 9 heteroatoms. The van der Waals surface area contributed by atoms with Crippen LogP contribution in [-0.4, -0.2) is 44.8 Å². The number of aromatic nitrogens is 3. The molecule has 2 atom stereocenters. The van der Waals surface area contributed by atoms with Crippen LogP contribution in [0.5, 0.6) is 0 Å². The largest absolute Gasteiger partial charge is 0.368 e. The molecule has 1 aliphatic heterocycles. The first-order valence-corrected chi connectivity index (χ1v) is 11.1. The zero-order chi connectivity index (χ0) is 21.7. The second-order valence-electron chi connectivity index (χ2n) is 8.23. The minimum absolute atomic E-state index is 0.237. The molecule has 1 fully saturated rings. The van der Waals surface area contributed by atoms with Crippen molar-refractivity contribution in [3.63, 3.8) is 0 Å². The highest BCUT2D eigenvalue weighted by atomic mass is 32.1. The molecule has 31 heavy (non-hydrogen) atoms. The Hall–Kier alpha value is -3.04. The molecule has 2 N–H and O–H groups in total. The first-order valence-electron chi connectivity index (χ1n) is 10.2. The number of carbonyl (C=O) groups is 1. The van der Waals surface area contributed by atoms with Gasteiger partial charge in [-0.25, -0.2) is 9.37 Å². The molecule has 0 saturated carbocycles. The molecule has 3 aromatic heterocycles. The van der Waals surface area contributed by atoms with Crippen LogP contribution < -0.4 is 15.5 Å². The Labute approximate surface area is 183 Å². The zero-order valence-electron chi connectivity index (χ0n) is 17.5. The van der Waals surface area contributed by atoms with Crippen molar-refractivity contribution in [1.82, 2.24) is 19.1 Å². The molecule has 1 aromatic carbocycles. The number of imidazole rings is 1. The van der Waals surface area contributed by atoms with E-state index >= 15 is 0 Å². The van der Waals surface area contributed by atoms with Crippen LogP contribution in [0.2, 0.25) is 0 Å². The summed E-state index contributed by atoms with van der Waals surface area (Å²) in [6.07, 6.45) is 3.38. The Morgan fingerprint density at radius 3 is 2.81 bits per heavy atom. The number of fused-ring (bicyclic) bond motifs is 2. The van der Waals surface area contributed by atoms with Crippen LogP contribution in [0.3, 0.4) is 0 Å². The molecule has 160 valence electrons. The van der Waals surface area contributed by atoms with Crippen LogP contribution in [0.15, 0.2) is 36.0 Å². The number of piperazine rings is 1. The SMILES string of the molecule is Cc1cn2cc(NC(=O)c3ccc(N4C[C@@H](C)N[C@H](C)C4)c4csnc34)cc(F)c2n1. The fraction of sp³-hybridized carbons (Fsp3) is 0.318. The third-order valence-corrected chi connectivity index (χ3v) is 6.17. The van der Waals surface area contributed by atoms with Crippen molar-refractivity contribution in [2.24, 2.45) is 0 Å². The van der Waals surface area contributed by atoms with E-state index in [1.165, 1.54) is 17.6 Å². The number of anilines is 2. The summed E-state index contributed by atoms with van der Waals surface area (Å²) in [6, 6.07) is 5.84. The second-order valence-corrected chi connectivity index (χ2v) is 8.86. The summed E-state index contributed by atoms with van der Waals surface area (Å²) in [6.45, 7) is 7.93. The van der Waals surface area contributed by atoms with E-state index in [0.29, 0.717) is 34.5 Å². The summed E-state index contributed by atoms with van der Waals surface area (Å²) in [7, 11) is 0. The van der Waals surface area contributed by atoms with E-state index in [0.717, 1.165) is 24.2 Å². The van der Waals surface area contributed by atoms with Gasteiger partial charge in [0.1, 0.15) is 0 Å². The number of amides is 1. The van der Waals surface area contributed by atoms with E-state index in [2.05, 4.69) is 38.7 Å². The highest BCUT2D eigenvalue weighted by Crippen LogP contribution is 2.32. The van der Waals surface area contributed by atoms with Crippen molar-refractivity contribution >= 4 is 45.4 Å². The summed E-state index contributed by atoms with van der Waals surface area (Å²) in [5, 5.41) is 9.30. The monoisotopic (exact) mass is 438 g/mol. The van der Waals surface area contributed by atoms with Crippen molar-refractivity contribution in [1.29, 1.82) is 0 Å². The molecule has 7 nitrogen and oxygen atoms in total. The second kappa shape index (κ2) is 7.58. The van der Waals surface area contributed by atoms with Gasteiger partial charge in [0.25, 0.3) is 5.91 Å². The van der Waals surface area contributed by atoms with Crippen LogP contribution >= 0.6 is 11.5 Å². The Kier molecular flexibility index (Phi) is 4.86. The lowest BCUT2D eigenvalue weighted by molar-refractivity contribution is 0.102. The normalized spacial score (nSPS) is 19.3. The number of hydrogen-bond donors (Lipinski definition) is 2. The van der Waals surface area contributed by atoms with Crippen molar-refractivity contribution in [3.05, 3.63) is 53.0 Å².